The third kappa shape index (κ3) is 4.21. The molecule has 3 heteroatoms. The molecule has 0 bridgehead atoms. The first kappa shape index (κ1) is 13.0. The molecule has 1 aromatic carbocycles. The minimum atomic E-state index is -0.746. The number of hydrogen-bond acceptors (Lipinski definition) is 3. The zero-order chi connectivity index (χ0) is 12.0. The zero-order valence-electron chi connectivity index (χ0n) is 10.3. The van der Waals surface area contributed by atoms with Gasteiger partial charge in [-0.1, -0.05) is 19.1 Å². The normalized spacial score (nSPS) is 14.5. The van der Waals surface area contributed by atoms with Crippen molar-refractivity contribution in [3.63, 3.8) is 0 Å². The summed E-state index contributed by atoms with van der Waals surface area (Å²) in [5.41, 5.74) is 0.473. The molecule has 1 atom stereocenters. The number of nitrogens with one attached hydrogen (secondary N) is 1. The summed E-state index contributed by atoms with van der Waals surface area (Å²) in [5, 5.41) is 12.9. The fourth-order valence-corrected chi connectivity index (χ4v) is 1.25. The standard InChI is InChI=1S/C13H21NO2/c1-4-13(2,15)10-16-12-7-5-11(6-8-12)9-14-3/h5-8,14-15H,4,9-10H2,1-3H3. The third-order valence-corrected chi connectivity index (χ3v) is 2.62. The van der Waals surface area contributed by atoms with Gasteiger partial charge in [-0.3, -0.25) is 0 Å². The topological polar surface area (TPSA) is 41.5 Å². The Bertz CT molecular complexity index is 306. The van der Waals surface area contributed by atoms with Crippen LogP contribution < -0.4 is 10.1 Å². The van der Waals surface area contributed by atoms with Crippen molar-refractivity contribution in [1.29, 1.82) is 0 Å². The first-order valence-corrected chi connectivity index (χ1v) is 5.66. The second-order valence-electron chi connectivity index (χ2n) is 4.31. The Kier molecular flexibility index (Phi) is 4.77. The quantitative estimate of drug-likeness (QED) is 0.774. The summed E-state index contributed by atoms with van der Waals surface area (Å²) < 4.78 is 5.52. The lowest BCUT2D eigenvalue weighted by Crippen LogP contribution is -2.31. The van der Waals surface area contributed by atoms with Crippen molar-refractivity contribution in [2.45, 2.75) is 32.4 Å². The maximum Gasteiger partial charge on any atom is 0.119 e. The van der Waals surface area contributed by atoms with Crippen LogP contribution in [0.3, 0.4) is 0 Å². The first-order chi connectivity index (χ1) is 7.57. The fourth-order valence-electron chi connectivity index (χ4n) is 1.25. The maximum absolute atomic E-state index is 9.79. The molecule has 0 aliphatic carbocycles. The summed E-state index contributed by atoms with van der Waals surface area (Å²) in [7, 11) is 1.92. The summed E-state index contributed by atoms with van der Waals surface area (Å²) in [6.07, 6.45) is 0.685. The average Bonchev–Trinajstić information content (AvgIpc) is 2.29. The van der Waals surface area contributed by atoms with E-state index in [2.05, 4.69) is 5.32 Å². The summed E-state index contributed by atoms with van der Waals surface area (Å²) in [6.45, 7) is 4.91. The number of aliphatic hydroxyl groups is 1. The predicted octanol–water partition coefficient (Wildman–Crippen LogP) is 1.95. The minimum absolute atomic E-state index is 0.328. The van der Waals surface area contributed by atoms with E-state index in [4.69, 9.17) is 4.74 Å². The third-order valence-electron chi connectivity index (χ3n) is 2.62. The van der Waals surface area contributed by atoms with Crippen LogP contribution in [0.4, 0.5) is 0 Å². The number of ether oxygens (including phenoxy) is 1. The van der Waals surface area contributed by atoms with Crippen LogP contribution in [-0.4, -0.2) is 24.4 Å². The highest BCUT2D eigenvalue weighted by atomic mass is 16.5. The lowest BCUT2D eigenvalue weighted by Gasteiger charge is -2.21. The van der Waals surface area contributed by atoms with Gasteiger partial charge in [0.15, 0.2) is 0 Å². The molecule has 0 aliphatic rings. The van der Waals surface area contributed by atoms with Gasteiger partial charge in [0.1, 0.15) is 12.4 Å². The van der Waals surface area contributed by atoms with Gasteiger partial charge in [-0.25, -0.2) is 0 Å². The smallest absolute Gasteiger partial charge is 0.119 e. The van der Waals surface area contributed by atoms with E-state index in [1.807, 2.05) is 38.2 Å². The summed E-state index contributed by atoms with van der Waals surface area (Å²) in [4.78, 5) is 0. The van der Waals surface area contributed by atoms with Gasteiger partial charge in [0.05, 0.1) is 5.60 Å². The van der Waals surface area contributed by atoms with Crippen molar-refractivity contribution in [2.75, 3.05) is 13.7 Å². The van der Waals surface area contributed by atoms with Crippen molar-refractivity contribution in [3.05, 3.63) is 29.8 Å². The van der Waals surface area contributed by atoms with Gasteiger partial charge < -0.3 is 15.2 Å². The molecule has 0 amide bonds. The number of rotatable bonds is 6. The molecule has 0 saturated carbocycles. The monoisotopic (exact) mass is 223 g/mol. The maximum atomic E-state index is 9.79. The Hall–Kier alpha value is -1.06. The molecule has 0 spiro atoms. The SMILES string of the molecule is CCC(C)(O)COc1ccc(CNC)cc1. The van der Waals surface area contributed by atoms with Crippen LogP contribution in [0.2, 0.25) is 0 Å². The van der Waals surface area contributed by atoms with Crippen LogP contribution >= 0.6 is 0 Å². The molecule has 16 heavy (non-hydrogen) atoms. The molecule has 1 rings (SSSR count). The van der Waals surface area contributed by atoms with E-state index in [-0.39, 0.29) is 0 Å². The lowest BCUT2D eigenvalue weighted by molar-refractivity contribution is 0.00846. The Morgan fingerprint density at radius 3 is 2.44 bits per heavy atom. The predicted molar refractivity (Wildman–Crippen MR) is 65.6 cm³/mol. The Labute approximate surface area is 97.4 Å². The fraction of sp³-hybridized carbons (Fsp3) is 0.538. The molecular weight excluding hydrogens is 202 g/mol. The van der Waals surface area contributed by atoms with Gasteiger partial charge in [-0.15, -0.1) is 0 Å². The summed E-state index contributed by atoms with van der Waals surface area (Å²) in [6, 6.07) is 7.90. The van der Waals surface area contributed by atoms with Crippen molar-refractivity contribution in [1.82, 2.24) is 5.32 Å². The molecular formula is C13H21NO2. The zero-order valence-corrected chi connectivity index (χ0v) is 10.3. The Morgan fingerprint density at radius 2 is 1.94 bits per heavy atom. The van der Waals surface area contributed by atoms with Gasteiger partial charge in [-0.05, 0) is 38.1 Å². The van der Waals surface area contributed by atoms with Crippen LogP contribution in [0.15, 0.2) is 24.3 Å². The van der Waals surface area contributed by atoms with Gasteiger partial charge >= 0.3 is 0 Å². The van der Waals surface area contributed by atoms with E-state index in [0.717, 1.165) is 12.3 Å². The Morgan fingerprint density at radius 1 is 1.31 bits per heavy atom. The van der Waals surface area contributed by atoms with Gasteiger partial charge in [0.25, 0.3) is 0 Å². The van der Waals surface area contributed by atoms with Gasteiger partial charge in [0, 0.05) is 6.54 Å². The van der Waals surface area contributed by atoms with Gasteiger partial charge in [-0.2, -0.15) is 0 Å². The highest BCUT2D eigenvalue weighted by Crippen LogP contribution is 2.15. The molecule has 1 unspecified atom stereocenters. The highest BCUT2D eigenvalue weighted by Gasteiger charge is 2.18. The van der Waals surface area contributed by atoms with E-state index < -0.39 is 5.60 Å². The van der Waals surface area contributed by atoms with E-state index in [1.165, 1.54) is 5.56 Å². The van der Waals surface area contributed by atoms with Crippen LogP contribution in [0, 0.1) is 0 Å². The second-order valence-corrected chi connectivity index (χ2v) is 4.31. The van der Waals surface area contributed by atoms with Crippen LogP contribution in [0.5, 0.6) is 5.75 Å². The minimum Gasteiger partial charge on any atom is -0.491 e. The van der Waals surface area contributed by atoms with E-state index in [1.54, 1.807) is 6.92 Å². The van der Waals surface area contributed by atoms with Crippen molar-refractivity contribution < 1.29 is 9.84 Å². The van der Waals surface area contributed by atoms with Crippen LogP contribution in [-0.2, 0) is 6.54 Å². The summed E-state index contributed by atoms with van der Waals surface area (Å²) in [5.74, 6) is 0.800. The van der Waals surface area contributed by atoms with Crippen molar-refractivity contribution >= 4 is 0 Å². The van der Waals surface area contributed by atoms with Gasteiger partial charge in [0.2, 0.25) is 0 Å². The molecule has 0 saturated heterocycles. The molecule has 2 N–H and O–H groups in total. The molecule has 0 heterocycles. The number of hydrogen-bond donors (Lipinski definition) is 2. The highest BCUT2D eigenvalue weighted by molar-refractivity contribution is 5.27. The van der Waals surface area contributed by atoms with E-state index in [0.29, 0.717) is 13.0 Å². The molecule has 0 aromatic heterocycles. The van der Waals surface area contributed by atoms with Crippen molar-refractivity contribution in [3.8, 4) is 5.75 Å². The van der Waals surface area contributed by atoms with E-state index in [9.17, 15) is 5.11 Å². The van der Waals surface area contributed by atoms with Crippen molar-refractivity contribution in [2.24, 2.45) is 0 Å². The molecule has 3 nitrogen and oxygen atoms in total. The average molecular weight is 223 g/mol. The lowest BCUT2D eigenvalue weighted by atomic mass is 10.1. The largest absolute Gasteiger partial charge is 0.491 e. The second kappa shape index (κ2) is 5.87. The first-order valence-electron chi connectivity index (χ1n) is 5.66. The molecule has 90 valence electrons. The molecule has 1 aromatic rings. The Balaban J connectivity index is 2.49. The van der Waals surface area contributed by atoms with E-state index >= 15 is 0 Å². The van der Waals surface area contributed by atoms with Crippen LogP contribution in [0.25, 0.3) is 0 Å². The van der Waals surface area contributed by atoms with Crippen LogP contribution in [0.1, 0.15) is 25.8 Å². The summed E-state index contributed by atoms with van der Waals surface area (Å²) >= 11 is 0. The molecule has 0 fully saturated rings. The molecule has 0 radical (unpaired) electrons. The number of benzene rings is 1. The molecule has 0 aliphatic heterocycles.